The highest BCUT2D eigenvalue weighted by Gasteiger charge is 2.20. The van der Waals surface area contributed by atoms with Crippen LogP contribution in [0.2, 0.25) is 0 Å². The van der Waals surface area contributed by atoms with Gasteiger partial charge in [-0.15, -0.1) is 0 Å². The lowest BCUT2D eigenvalue weighted by atomic mass is 10.1. The van der Waals surface area contributed by atoms with Crippen molar-refractivity contribution >= 4 is 29.1 Å². The van der Waals surface area contributed by atoms with Crippen LogP contribution in [0.4, 0.5) is 17.3 Å². The molecule has 0 bridgehead atoms. The van der Waals surface area contributed by atoms with Gasteiger partial charge in [0.2, 0.25) is 5.95 Å². The van der Waals surface area contributed by atoms with Crippen molar-refractivity contribution in [1.82, 2.24) is 19.3 Å². The zero-order valence-corrected chi connectivity index (χ0v) is 17.2. The number of benzene rings is 1. The van der Waals surface area contributed by atoms with E-state index in [0.717, 1.165) is 74.1 Å². The summed E-state index contributed by atoms with van der Waals surface area (Å²) in [5.74, 6) is 1.47. The molecule has 0 aliphatic carbocycles. The molecule has 0 amide bonds. The number of likely N-dealkylation sites (N-methyl/N-ethyl adjacent to an activating group) is 1. The summed E-state index contributed by atoms with van der Waals surface area (Å²) in [6, 6.07) is 6.20. The van der Waals surface area contributed by atoms with E-state index in [1.807, 2.05) is 12.3 Å². The molecule has 0 saturated carbocycles. The van der Waals surface area contributed by atoms with E-state index in [1.165, 1.54) is 0 Å². The summed E-state index contributed by atoms with van der Waals surface area (Å²) < 4.78 is 7.44. The largest absolute Gasteiger partial charge is 0.495 e. The fourth-order valence-electron chi connectivity index (χ4n) is 3.79. The molecule has 1 aromatic heterocycles. The predicted octanol–water partition coefficient (Wildman–Crippen LogP) is 2.88. The molecule has 8 heteroatoms. The lowest BCUT2D eigenvalue weighted by molar-refractivity contribution is 0.270. The Balaban J connectivity index is 1.49. The third-order valence-corrected chi connectivity index (χ3v) is 5.77. The molecule has 0 spiro atoms. The number of ether oxygens (including phenoxy) is 1. The van der Waals surface area contributed by atoms with Crippen LogP contribution in [-0.4, -0.2) is 65.7 Å². The summed E-state index contributed by atoms with van der Waals surface area (Å²) in [5.41, 5.74) is 4.21. The quantitative estimate of drug-likeness (QED) is 0.771. The molecule has 1 aromatic carbocycles. The maximum Gasteiger partial charge on any atom is 0.227 e. The summed E-state index contributed by atoms with van der Waals surface area (Å²) in [5, 5.41) is 3.31. The Kier molecular flexibility index (Phi) is 5.85. The van der Waals surface area contributed by atoms with Crippen molar-refractivity contribution in [3.05, 3.63) is 35.7 Å². The third-order valence-electron chi connectivity index (χ3n) is 5.48. The van der Waals surface area contributed by atoms with Crippen molar-refractivity contribution in [3.8, 4) is 5.75 Å². The second kappa shape index (κ2) is 8.51. The molecule has 1 N–H and O–H groups in total. The molecule has 7 nitrogen and oxygen atoms in total. The lowest BCUT2D eigenvalue weighted by Crippen LogP contribution is -2.46. The summed E-state index contributed by atoms with van der Waals surface area (Å²) in [6.45, 7) is 9.02. The summed E-state index contributed by atoms with van der Waals surface area (Å²) in [4.78, 5) is 14.0. The van der Waals surface area contributed by atoms with Crippen molar-refractivity contribution < 1.29 is 4.74 Å². The Morgan fingerprint density at radius 1 is 1.18 bits per heavy atom. The normalized spacial score (nSPS) is 18.0. The van der Waals surface area contributed by atoms with Gasteiger partial charge < -0.3 is 19.9 Å². The van der Waals surface area contributed by atoms with Gasteiger partial charge in [-0.25, -0.2) is 14.4 Å². The van der Waals surface area contributed by atoms with E-state index >= 15 is 0 Å². The molecule has 150 valence electrons. The zero-order chi connectivity index (χ0) is 19.5. The molecular formula is C20H27ClN6O. The van der Waals surface area contributed by atoms with Crippen LogP contribution < -0.4 is 15.0 Å². The van der Waals surface area contributed by atoms with Crippen molar-refractivity contribution in [1.29, 1.82) is 0 Å². The van der Waals surface area contributed by atoms with Crippen LogP contribution in [0.1, 0.15) is 18.2 Å². The number of nitrogens with zero attached hydrogens (tertiary/aromatic N) is 5. The molecular weight excluding hydrogens is 376 g/mol. The Morgan fingerprint density at radius 2 is 2.00 bits per heavy atom. The van der Waals surface area contributed by atoms with Crippen molar-refractivity contribution in [3.63, 3.8) is 0 Å². The second-order valence-corrected chi connectivity index (χ2v) is 7.67. The van der Waals surface area contributed by atoms with Crippen LogP contribution in [0.5, 0.6) is 5.75 Å². The Morgan fingerprint density at radius 3 is 2.75 bits per heavy atom. The topological polar surface area (TPSA) is 56.8 Å². The van der Waals surface area contributed by atoms with Gasteiger partial charge in [0.05, 0.1) is 18.5 Å². The van der Waals surface area contributed by atoms with Gasteiger partial charge in [0.1, 0.15) is 5.75 Å². The van der Waals surface area contributed by atoms with E-state index in [1.54, 1.807) is 11.5 Å². The van der Waals surface area contributed by atoms with E-state index in [-0.39, 0.29) is 0 Å². The van der Waals surface area contributed by atoms with Crippen molar-refractivity contribution in [2.24, 2.45) is 0 Å². The van der Waals surface area contributed by atoms with E-state index in [0.29, 0.717) is 12.5 Å². The first-order valence-corrected chi connectivity index (χ1v) is 10.2. The van der Waals surface area contributed by atoms with Gasteiger partial charge in [-0.1, -0.05) is 6.92 Å². The van der Waals surface area contributed by atoms with Crippen LogP contribution in [0.15, 0.2) is 24.4 Å². The van der Waals surface area contributed by atoms with Crippen LogP contribution >= 0.6 is 11.8 Å². The van der Waals surface area contributed by atoms with E-state index < -0.39 is 0 Å². The van der Waals surface area contributed by atoms with Crippen molar-refractivity contribution in [2.45, 2.75) is 19.9 Å². The molecule has 2 aromatic rings. The fraction of sp³-hybridized carbons (Fsp3) is 0.500. The Bertz CT molecular complexity index is 824. The number of aromatic nitrogens is 2. The SMILES string of the molecule is CCN1CCN(c2ccc(Nc3ncc4c(n3)CCN(Cl)C4)cc2OC)CC1. The number of piperazine rings is 1. The minimum absolute atomic E-state index is 0.605. The highest BCUT2D eigenvalue weighted by atomic mass is 35.5. The average molecular weight is 403 g/mol. The molecule has 2 aliphatic rings. The zero-order valence-electron chi connectivity index (χ0n) is 16.5. The maximum absolute atomic E-state index is 6.08. The number of methoxy groups -OCH3 is 1. The van der Waals surface area contributed by atoms with Gasteiger partial charge in [0.25, 0.3) is 0 Å². The molecule has 0 radical (unpaired) electrons. The minimum Gasteiger partial charge on any atom is -0.495 e. The molecule has 1 saturated heterocycles. The van der Waals surface area contributed by atoms with Gasteiger partial charge in [-0.05, 0) is 30.5 Å². The molecule has 0 atom stereocenters. The smallest absolute Gasteiger partial charge is 0.227 e. The van der Waals surface area contributed by atoms with Gasteiger partial charge in [-0.2, -0.15) is 0 Å². The fourth-order valence-corrected chi connectivity index (χ4v) is 4.01. The standard InChI is InChI=1S/C20H27ClN6O/c1-3-25-8-10-26(11-9-25)18-5-4-16(12-19(18)28-2)23-20-22-13-15-14-27(21)7-6-17(15)24-20/h4-5,12-13H,3,6-11,14H2,1-2H3,(H,22,23,24). The van der Waals surface area contributed by atoms with Gasteiger partial charge in [0, 0.05) is 69.2 Å². The van der Waals surface area contributed by atoms with Gasteiger partial charge in [0.15, 0.2) is 0 Å². The first-order chi connectivity index (χ1) is 13.7. The average Bonchev–Trinajstić information content (AvgIpc) is 2.74. The highest BCUT2D eigenvalue weighted by molar-refractivity contribution is 6.13. The first kappa shape index (κ1) is 19.2. The summed E-state index contributed by atoms with van der Waals surface area (Å²) in [6.07, 6.45) is 2.69. The van der Waals surface area contributed by atoms with Crippen LogP contribution in [0.25, 0.3) is 0 Å². The molecule has 1 fully saturated rings. The van der Waals surface area contributed by atoms with Gasteiger partial charge >= 0.3 is 0 Å². The first-order valence-electron chi connectivity index (χ1n) is 9.84. The van der Waals surface area contributed by atoms with Crippen LogP contribution in [0.3, 0.4) is 0 Å². The molecule has 4 rings (SSSR count). The number of anilines is 3. The third kappa shape index (κ3) is 4.16. The minimum atomic E-state index is 0.605. The number of hydrogen-bond acceptors (Lipinski definition) is 7. The maximum atomic E-state index is 6.08. The van der Waals surface area contributed by atoms with E-state index in [4.69, 9.17) is 16.5 Å². The Labute approximate surface area is 171 Å². The van der Waals surface area contributed by atoms with Crippen LogP contribution in [0, 0.1) is 0 Å². The Hall–Kier alpha value is -2.09. The monoisotopic (exact) mass is 402 g/mol. The number of fused-ring (bicyclic) bond motifs is 1. The number of hydrogen-bond donors (Lipinski definition) is 1. The highest BCUT2D eigenvalue weighted by Crippen LogP contribution is 2.33. The summed E-state index contributed by atoms with van der Waals surface area (Å²) >= 11 is 6.08. The number of nitrogens with one attached hydrogen (secondary N) is 1. The number of rotatable bonds is 5. The van der Waals surface area contributed by atoms with E-state index in [9.17, 15) is 0 Å². The summed E-state index contributed by atoms with van der Waals surface area (Å²) in [7, 11) is 1.72. The molecule has 28 heavy (non-hydrogen) atoms. The van der Waals surface area contributed by atoms with Gasteiger partial charge in [-0.3, -0.25) is 0 Å². The van der Waals surface area contributed by atoms with Crippen LogP contribution in [-0.2, 0) is 13.0 Å². The number of halogens is 1. The van der Waals surface area contributed by atoms with E-state index in [2.05, 4.69) is 44.1 Å². The lowest BCUT2D eigenvalue weighted by Gasteiger charge is -2.36. The molecule has 0 unspecified atom stereocenters. The second-order valence-electron chi connectivity index (χ2n) is 7.19. The molecule has 2 aliphatic heterocycles. The predicted molar refractivity (Wildman–Crippen MR) is 113 cm³/mol. The van der Waals surface area contributed by atoms with Crippen molar-refractivity contribution in [2.75, 3.05) is 56.6 Å². The molecule has 3 heterocycles.